The van der Waals surface area contributed by atoms with Crippen LogP contribution in [-0.2, 0) is 0 Å². The fraction of sp³-hybridized carbons (Fsp3) is 0.385. The predicted molar refractivity (Wildman–Crippen MR) is 58.9 cm³/mol. The van der Waals surface area contributed by atoms with Crippen LogP contribution in [0.1, 0.15) is 36.1 Å². The second-order valence-corrected chi connectivity index (χ2v) is 3.57. The first kappa shape index (κ1) is 10.8. The fourth-order valence-corrected chi connectivity index (χ4v) is 1.52. The Balaban J connectivity index is 2.87. The second-order valence-electron chi connectivity index (χ2n) is 3.57. The first-order valence-corrected chi connectivity index (χ1v) is 4.79. The Labute approximate surface area is 85.8 Å². The summed E-state index contributed by atoms with van der Waals surface area (Å²) >= 11 is 0. The van der Waals surface area contributed by atoms with Crippen molar-refractivity contribution >= 4 is 0 Å². The van der Waals surface area contributed by atoms with E-state index < -0.39 is 6.10 Å². The van der Waals surface area contributed by atoms with Gasteiger partial charge >= 0.3 is 0 Å². The highest BCUT2D eigenvalue weighted by molar-refractivity contribution is 5.30. The average molecular weight is 188 g/mol. The topological polar surface area (TPSA) is 20.2 Å². The number of aliphatic hydroxyl groups is 1. The van der Waals surface area contributed by atoms with Crippen LogP contribution in [0.15, 0.2) is 18.2 Å². The van der Waals surface area contributed by atoms with E-state index >= 15 is 0 Å². The Hall–Kier alpha value is -1.26. The molecule has 0 aromatic heterocycles. The highest BCUT2D eigenvalue weighted by atomic mass is 16.3. The van der Waals surface area contributed by atoms with E-state index in [9.17, 15) is 5.11 Å². The van der Waals surface area contributed by atoms with Crippen molar-refractivity contribution in [3.63, 3.8) is 0 Å². The summed E-state index contributed by atoms with van der Waals surface area (Å²) in [5.41, 5.74) is 3.33. The minimum Gasteiger partial charge on any atom is -0.387 e. The van der Waals surface area contributed by atoms with Crippen molar-refractivity contribution in [1.82, 2.24) is 0 Å². The molecule has 74 valence electrons. The van der Waals surface area contributed by atoms with Crippen LogP contribution in [0.3, 0.4) is 0 Å². The third kappa shape index (κ3) is 2.90. The monoisotopic (exact) mass is 188 g/mol. The Kier molecular flexibility index (Phi) is 3.73. The maximum Gasteiger partial charge on any atom is 0.0899 e. The van der Waals surface area contributed by atoms with Crippen LogP contribution in [-0.4, -0.2) is 5.11 Å². The first-order valence-electron chi connectivity index (χ1n) is 4.79. The normalized spacial score (nSPS) is 11.7. The molecule has 14 heavy (non-hydrogen) atoms. The molecule has 1 nitrogen and oxygen atoms in total. The molecule has 0 fully saturated rings. The van der Waals surface area contributed by atoms with Crippen molar-refractivity contribution in [3.8, 4) is 11.8 Å². The van der Waals surface area contributed by atoms with Gasteiger partial charge in [0.1, 0.15) is 0 Å². The molecule has 0 spiro atoms. The molecule has 0 aliphatic carbocycles. The fourth-order valence-electron chi connectivity index (χ4n) is 1.52. The summed E-state index contributed by atoms with van der Waals surface area (Å²) in [6, 6.07) is 6.12. The minimum absolute atomic E-state index is 0.457. The van der Waals surface area contributed by atoms with Crippen molar-refractivity contribution in [3.05, 3.63) is 34.9 Å². The van der Waals surface area contributed by atoms with Gasteiger partial charge in [-0.15, -0.1) is 11.8 Å². The molecule has 0 amide bonds. The van der Waals surface area contributed by atoms with Gasteiger partial charge in [0.15, 0.2) is 0 Å². The Morgan fingerprint density at radius 2 is 1.79 bits per heavy atom. The summed E-state index contributed by atoms with van der Waals surface area (Å²) in [4.78, 5) is 0. The van der Waals surface area contributed by atoms with E-state index in [1.54, 1.807) is 6.92 Å². The second kappa shape index (κ2) is 4.83. The molecule has 1 N–H and O–H groups in total. The van der Waals surface area contributed by atoms with Gasteiger partial charge in [-0.05, 0) is 26.3 Å². The molecule has 0 saturated heterocycles. The van der Waals surface area contributed by atoms with E-state index in [0.29, 0.717) is 6.42 Å². The lowest BCUT2D eigenvalue weighted by Gasteiger charge is -2.09. The van der Waals surface area contributed by atoms with Crippen LogP contribution in [0, 0.1) is 25.7 Å². The number of aryl methyl sites for hydroxylation is 2. The summed E-state index contributed by atoms with van der Waals surface area (Å²) in [5, 5.41) is 9.80. The maximum atomic E-state index is 9.80. The highest BCUT2D eigenvalue weighted by Crippen LogP contribution is 2.19. The van der Waals surface area contributed by atoms with Gasteiger partial charge in [0, 0.05) is 6.42 Å². The van der Waals surface area contributed by atoms with Crippen molar-refractivity contribution in [2.75, 3.05) is 0 Å². The lowest BCUT2D eigenvalue weighted by atomic mass is 10.0. The van der Waals surface area contributed by atoms with E-state index in [1.165, 1.54) is 11.1 Å². The summed E-state index contributed by atoms with van der Waals surface area (Å²) in [6.45, 7) is 5.86. The molecule has 0 saturated carbocycles. The van der Waals surface area contributed by atoms with Gasteiger partial charge in [-0.3, -0.25) is 0 Å². The van der Waals surface area contributed by atoms with Gasteiger partial charge < -0.3 is 5.11 Å². The van der Waals surface area contributed by atoms with Gasteiger partial charge in [-0.25, -0.2) is 0 Å². The zero-order chi connectivity index (χ0) is 10.6. The van der Waals surface area contributed by atoms with Crippen molar-refractivity contribution < 1.29 is 5.11 Å². The molecule has 1 aromatic carbocycles. The molecular weight excluding hydrogens is 172 g/mol. The molecule has 1 heteroatoms. The highest BCUT2D eigenvalue weighted by Gasteiger charge is 2.06. The molecule has 0 heterocycles. The van der Waals surface area contributed by atoms with Crippen LogP contribution in [0.4, 0.5) is 0 Å². The molecule has 1 rings (SSSR count). The average Bonchev–Trinajstić information content (AvgIpc) is 2.12. The van der Waals surface area contributed by atoms with Gasteiger partial charge in [-0.1, -0.05) is 29.3 Å². The van der Waals surface area contributed by atoms with Crippen molar-refractivity contribution in [2.45, 2.75) is 33.3 Å². The summed E-state index contributed by atoms with van der Waals surface area (Å²) in [6.07, 6.45) is 0.0559. The smallest absolute Gasteiger partial charge is 0.0899 e. The molecule has 1 aromatic rings. The SMILES string of the molecule is CC#CCC(O)c1cc(C)cc(C)c1. The van der Waals surface area contributed by atoms with E-state index in [1.807, 2.05) is 26.0 Å². The van der Waals surface area contributed by atoms with Gasteiger partial charge in [-0.2, -0.15) is 0 Å². The largest absolute Gasteiger partial charge is 0.387 e. The number of hydrogen-bond acceptors (Lipinski definition) is 1. The molecular formula is C13H16O. The summed E-state index contributed by atoms with van der Waals surface area (Å²) in [7, 11) is 0. The number of aliphatic hydroxyl groups excluding tert-OH is 1. The standard InChI is InChI=1S/C13H16O/c1-4-5-6-13(14)12-8-10(2)7-11(3)9-12/h7-9,13-14H,6H2,1-3H3. The maximum absolute atomic E-state index is 9.80. The summed E-state index contributed by atoms with van der Waals surface area (Å²) in [5.74, 6) is 5.67. The van der Waals surface area contributed by atoms with E-state index in [4.69, 9.17) is 0 Å². The van der Waals surface area contributed by atoms with Gasteiger partial charge in [0.2, 0.25) is 0 Å². The van der Waals surface area contributed by atoms with Crippen LogP contribution in [0.25, 0.3) is 0 Å². The van der Waals surface area contributed by atoms with Gasteiger partial charge in [0.05, 0.1) is 6.10 Å². The van der Waals surface area contributed by atoms with Crippen molar-refractivity contribution in [2.24, 2.45) is 0 Å². The predicted octanol–water partition coefficient (Wildman–Crippen LogP) is 2.75. The third-order valence-corrected chi connectivity index (χ3v) is 2.10. The minimum atomic E-state index is -0.457. The van der Waals surface area contributed by atoms with Crippen LogP contribution >= 0.6 is 0 Å². The zero-order valence-electron chi connectivity index (χ0n) is 8.96. The molecule has 1 atom stereocenters. The molecule has 0 aliphatic rings. The Morgan fingerprint density at radius 3 is 2.29 bits per heavy atom. The zero-order valence-corrected chi connectivity index (χ0v) is 8.96. The molecule has 0 radical (unpaired) electrons. The van der Waals surface area contributed by atoms with E-state index in [2.05, 4.69) is 17.9 Å². The van der Waals surface area contributed by atoms with Crippen LogP contribution < -0.4 is 0 Å². The van der Waals surface area contributed by atoms with Crippen LogP contribution in [0.5, 0.6) is 0 Å². The molecule has 0 aliphatic heterocycles. The number of benzene rings is 1. The molecule has 1 unspecified atom stereocenters. The lowest BCUT2D eigenvalue weighted by Crippen LogP contribution is -1.97. The van der Waals surface area contributed by atoms with Crippen LogP contribution in [0.2, 0.25) is 0 Å². The summed E-state index contributed by atoms with van der Waals surface area (Å²) < 4.78 is 0. The van der Waals surface area contributed by atoms with Gasteiger partial charge in [0.25, 0.3) is 0 Å². The number of rotatable bonds is 2. The van der Waals surface area contributed by atoms with E-state index in [0.717, 1.165) is 5.56 Å². The lowest BCUT2D eigenvalue weighted by molar-refractivity contribution is 0.184. The third-order valence-electron chi connectivity index (χ3n) is 2.10. The molecule has 0 bridgehead atoms. The quantitative estimate of drug-likeness (QED) is 0.707. The Morgan fingerprint density at radius 1 is 1.21 bits per heavy atom. The first-order chi connectivity index (χ1) is 6.63. The van der Waals surface area contributed by atoms with Crippen molar-refractivity contribution in [1.29, 1.82) is 0 Å². The number of hydrogen-bond donors (Lipinski definition) is 1. The van der Waals surface area contributed by atoms with E-state index in [-0.39, 0.29) is 0 Å². The Bertz CT molecular complexity index is 348.